The predicted octanol–water partition coefficient (Wildman–Crippen LogP) is 0.00990. The van der Waals surface area contributed by atoms with Crippen LogP contribution < -0.4 is 4.90 Å². The molecule has 0 aromatic carbocycles. The van der Waals surface area contributed by atoms with Gasteiger partial charge in [0.25, 0.3) is 5.91 Å². The van der Waals surface area contributed by atoms with Crippen LogP contribution in [0.2, 0.25) is 0 Å². The van der Waals surface area contributed by atoms with Gasteiger partial charge in [-0.25, -0.2) is 22.7 Å². The number of anilines is 1. The molecule has 1 amide bonds. The molecule has 2 heterocycles. The minimum Gasteiger partial charge on any atom is -0.383 e. The van der Waals surface area contributed by atoms with E-state index in [4.69, 9.17) is 4.74 Å². The fourth-order valence-corrected chi connectivity index (χ4v) is 3.75. The maximum atomic E-state index is 12.8. The van der Waals surface area contributed by atoms with Crippen molar-refractivity contribution in [3.63, 3.8) is 0 Å². The summed E-state index contributed by atoms with van der Waals surface area (Å²) in [6.07, 6.45) is 3.36. The number of rotatable bonds is 7. The molecule has 0 N–H and O–H groups in total. The first-order valence-electron chi connectivity index (χ1n) is 8.39. The van der Waals surface area contributed by atoms with Crippen molar-refractivity contribution in [2.75, 3.05) is 65.6 Å². The highest BCUT2D eigenvalue weighted by Gasteiger charge is 2.33. The van der Waals surface area contributed by atoms with Crippen molar-refractivity contribution < 1.29 is 17.9 Å². The van der Waals surface area contributed by atoms with Crippen molar-refractivity contribution in [1.82, 2.24) is 19.2 Å². The molecule has 0 saturated carbocycles. The normalized spacial score (nSPS) is 18.1. The van der Waals surface area contributed by atoms with Gasteiger partial charge in [0.05, 0.1) is 24.1 Å². The van der Waals surface area contributed by atoms with Crippen molar-refractivity contribution >= 4 is 21.9 Å². The molecule has 9 nitrogen and oxygen atoms in total. The molecule has 1 unspecified atom stereocenters. The average molecular weight is 385 g/mol. The number of aromatic nitrogens is 2. The molecular formula is C16H27N5O4S. The molecule has 1 fully saturated rings. The van der Waals surface area contributed by atoms with Crippen molar-refractivity contribution in [3.8, 4) is 0 Å². The number of carbonyl (C=O) groups is 1. The smallest absolute Gasteiger partial charge is 0.257 e. The Balaban J connectivity index is 2.36. The summed E-state index contributed by atoms with van der Waals surface area (Å²) < 4.78 is 30.1. The lowest BCUT2D eigenvalue weighted by Crippen LogP contribution is -2.32. The summed E-state index contributed by atoms with van der Waals surface area (Å²) in [6, 6.07) is 0. The van der Waals surface area contributed by atoms with Gasteiger partial charge in [-0.05, 0) is 6.42 Å². The second-order valence-electron chi connectivity index (χ2n) is 6.69. The maximum absolute atomic E-state index is 12.8. The molecule has 1 aromatic rings. The van der Waals surface area contributed by atoms with Crippen LogP contribution in [0.3, 0.4) is 0 Å². The lowest BCUT2D eigenvalue weighted by atomic mass is 9.99. The van der Waals surface area contributed by atoms with Gasteiger partial charge in [0.2, 0.25) is 16.0 Å². The monoisotopic (exact) mass is 385 g/mol. The number of methoxy groups -OCH3 is 1. The molecule has 1 atom stereocenters. The van der Waals surface area contributed by atoms with Gasteiger partial charge in [0.1, 0.15) is 0 Å². The highest BCUT2D eigenvalue weighted by Crippen LogP contribution is 2.30. The molecule has 1 saturated heterocycles. The van der Waals surface area contributed by atoms with Crippen molar-refractivity contribution in [2.24, 2.45) is 0 Å². The van der Waals surface area contributed by atoms with Crippen molar-refractivity contribution in [1.29, 1.82) is 0 Å². The van der Waals surface area contributed by atoms with E-state index in [2.05, 4.69) is 9.97 Å². The molecule has 1 aromatic heterocycles. The zero-order valence-electron chi connectivity index (χ0n) is 16.0. The Morgan fingerprint density at radius 1 is 1.38 bits per heavy atom. The van der Waals surface area contributed by atoms with Crippen LogP contribution in [0.25, 0.3) is 0 Å². The van der Waals surface area contributed by atoms with Crippen LogP contribution in [-0.2, 0) is 14.8 Å². The molecule has 26 heavy (non-hydrogen) atoms. The number of sulfonamides is 1. The van der Waals surface area contributed by atoms with E-state index < -0.39 is 10.0 Å². The van der Waals surface area contributed by atoms with E-state index >= 15 is 0 Å². The maximum Gasteiger partial charge on any atom is 0.257 e. The molecule has 0 aliphatic carbocycles. The van der Waals surface area contributed by atoms with Crippen molar-refractivity contribution in [3.05, 3.63) is 17.5 Å². The van der Waals surface area contributed by atoms with Crippen LogP contribution in [-0.4, -0.2) is 94.2 Å². The van der Waals surface area contributed by atoms with Gasteiger partial charge >= 0.3 is 0 Å². The third-order valence-corrected chi connectivity index (χ3v) is 5.69. The van der Waals surface area contributed by atoms with E-state index in [0.717, 1.165) is 0 Å². The molecule has 146 valence electrons. The summed E-state index contributed by atoms with van der Waals surface area (Å²) in [5.74, 6) is 0.162. The number of ether oxygens (including phenoxy) is 1. The van der Waals surface area contributed by atoms with Crippen LogP contribution in [0, 0.1) is 0 Å². The first-order chi connectivity index (χ1) is 12.1. The molecular weight excluding hydrogens is 358 g/mol. The molecule has 1 aliphatic heterocycles. The van der Waals surface area contributed by atoms with E-state index in [1.165, 1.54) is 16.8 Å². The zero-order valence-corrected chi connectivity index (χ0v) is 16.8. The molecule has 1 aliphatic rings. The van der Waals surface area contributed by atoms with E-state index in [9.17, 15) is 13.2 Å². The number of likely N-dealkylation sites (N-methyl/N-ethyl adjacent to an activating group) is 1. The van der Waals surface area contributed by atoms with Gasteiger partial charge in [-0.2, -0.15) is 0 Å². The molecule has 0 radical (unpaired) electrons. The Labute approximate surface area is 155 Å². The molecule has 0 spiro atoms. The summed E-state index contributed by atoms with van der Waals surface area (Å²) in [5.41, 5.74) is 1.01. The van der Waals surface area contributed by atoms with Gasteiger partial charge in [-0.3, -0.25) is 4.79 Å². The topological polar surface area (TPSA) is 95.9 Å². The Kier molecular flexibility index (Phi) is 6.53. The number of nitrogens with zero attached hydrogens (tertiary/aromatic N) is 5. The van der Waals surface area contributed by atoms with E-state index in [-0.39, 0.29) is 11.8 Å². The summed E-state index contributed by atoms with van der Waals surface area (Å²) >= 11 is 0. The third kappa shape index (κ3) is 4.68. The van der Waals surface area contributed by atoms with Crippen molar-refractivity contribution in [2.45, 2.75) is 12.3 Å². The highest BCUT2D eigenvalue weighted by molar-refractivity contribution is 7.88. The predicted molar refractivity (Wildman–Crippen MR) is 99.0 cm³/mol. The number of hydrogen-bond donors (Lipinski definition) is 0. The number of amides is 1. The molecule has 2 rings (SSSR count). The van der Waals surface area contributed by atoms with Crippen LogP contribution in [0.5, 0.6) is 0 Å². The quantitative estimate of drug-likeness (QED) is 0.652. The summed E-state index contributed by atoms with van der Waals surface area (Å²) in [6.45, 7) is 1.63. The van der Waals surface area contributed by atoms with Crippen LogP contribution >= 0.6 is 0 Å². The van der Waals surface area contributed by atoms with Gasteiger partial charge in [-0.1, -0.05) is 0 Å². The van der Waals surface area contributed by atoms with Crippen LogP contribution in [0.15, 0.2) is 6.20 Å². The standard InChI is InChI=1S/C16H27N5O4S/c1-19(2)16-17-10-13(15(22)20(3)8-9-25-4)14(18-16)12-6-7-21(11-12)26(5,23)24/h10,12H,6-9,11H2,1-5H3. The molecule has 10 heteroatoms. The fraction of sp³-hybridized carbons (Fsp3) is 0.688. The van der Waals surface area contributed by atoms with Crippen LogP contribution in [0.4, 0.5) is 5.95 Å². The van der Waals surface area contributed by atoms with Gasteiger partial charge < -0.3 is 14.5 Å². The first kappa shape index (κ1) is 20.5. The zero-order chi connectivity index (χ0) is 19.5. The van der Waals surface area contributed by atoms with E-state index in [0.29, 0.717) is 49.9 Å². The average Bonchev–Trinajstić information content (AvgIpc) is 3.08. The second kappa shape index (κ2) is 8.28. The fourth-order valence-electron chi connectivity index (χ4n) is 2.86. The van der Waals surface area contributed by atoms with Gasteiger partial charge in [0.15, 0.2) is 0 Å². The summed E-state index contributed by atoms with van der Waals surface area (Å²) in [7, 11) is 3.66. The Bertz CT molecular complexity index is 753. The van der Waals surface area contributed by atoms with Gasteiger partial charge in [-0.15, -0.1) is 0 Å². The third-order valence-electron chi connectivity index (χ3n) is 4.42. The highest BCUT2D eigenvalue weighted by atomic mass is 32.2. The SMILES string of the molecule is COCCN(C)C(=O)c1cnc(N(C)C)nc1C1CCN(S(C)(=O)=O)C1. The number of carbonyl (C=O) groups excluding carboxylic acids is 1. The summed E-state index contributed by atoms with van der Waals surface area (Å²) in [5, 5.41) is 0. The van der Waals surface area contributed by atoms with E-state index in [1.807, 2.05) is 14.1 Å². The van der Waals surface area contributed by atoms with E-state index in [1.54, 1.807) is 24.0 Å². The Morgan fingerprint density at radius 2 is 2.08 bits per heavy atom. The minimum atomic E-state index is -3.26. The lowest BCUT2D eigenvalue weighted by molar-refractivity contribution is 0.0741. The second-order valence-corrected chi connectivity index (χ2v) is 8.67. The van der Waals surface area contributed by atoms with Gasteiger partial charge in [0, 0.05) is 60.0 Å². The lowest BCUT2D eigenvalue weighted by Gasteiger charge is -2.21. The first-order valence-corrected chi connectivity index (χ1v) is 10.2. The Morgan fingerprint density at radius 3 is 2.62 bits per heavy atom. The summed E-state index contributed by atoms with van der Waals surface area (Å²) in [4.78, 5) is 25.0. The minimum absolute atomic E-state index is 0.138. The number of hydrogen-bond acceptors (Lipinski definition) is 7. The van der Waals surface area contributed by atoms with Crippen LogP contribution in [0.1, 0.15) is 28.4 Å². The molecule has 0 bridgehead atoms. The Hall–Kier alpha value is -1.78. The largest absolute Gasteiger partial charge is 0.383 e.